The van der Waals surface area contributed by atoms with Crippen molar-refractivity contribution in [2.24, 2.45) is 0 Å². The van der Waals surface area contributed by atoms with Crippen molar-refractivity contribution in [2.45, 2.75) is 65.3 Å². The van der Waals surface area contributed by atoms with E-state index in [1.165, 1.54) is 18.7 Å². The van der Waals surface area contributed by atoms with E-state index in [4.69, 9.17) is 4.74 Å². The lowest BCUT2D eigenvalue weighted by Gasteiger charge is -2.30. The van der Waals surface area contributed by atoms with Gasteiger partial charge in [-0.15, -0.1) is 0 Å². The van der Waals surface area contributed by atoms with Crippen LogP contribution >= 0.6 is 0 Å². The van der Waals surface area contributed by atoms with E-state index >= 15 is 0 Å². The Labute approximate surface area is 98.0 Å². The fourth-order valence-electron chi connectivity index (χ4n) is 1.35. The molecule has 0 heterocycles. The summed E-state index contributed by atoms with van der Waals surface area (Å²) in [5.41, 5.74) is -1.80. The number of nitrogens with zero attached hydrogens (tertiary/aromatic N) is 1. The van der Waals surface area contributed by atoms with Crippen molar-refractivity contribution in [3.05, 3.63) is 0 Å². The van der Waals surface area contributed by atoms with Crippen molar-refractivity contribution in [1.82, 2.24) is 4.90 Å². The van der Waals surface area contributed by atoms with Gasteiger partial charge in [-0.2, -0.15) is 0 Å². The number of hydrogen-bond donors (Lipinski definition) is 0. The summed E-state index contributed by atoms with van der Waals surface area (Å²) in [6.45, 7) is 10.2. The summed E-state index contributed by atoms with van der Waals surface area (Å²) in [5.74, 6) is 0. The van der Waals surface area contributed by atoms with E-state index < -0.39 is 17.4 Å². The van der Waals surface area contributed by atoms with Crippen LogP contribution in [0.2, 0.25) is 0 Å². The monoisotopic (exact) mass is 233 g/mol. The van der Waals surface area contributed by atoms with Gasteiger partial charge in [-0.05, 0) is 41.5 Å². The van der Waals surface area contributed by atoms with Crippen LogP contribution in [0.1, 0.15) is 48.0 Å². The Bertz CT molecular complexity index is 240. The highest BCUT2D eigenvalue weighted by molar-refractivity contribution is 5.68. The molecule has 0 aromatic heterocycles. The molecule has 0 bridgehead atoms. The van der Waals surface area contributed by atoms with E-state index in [1.807, 2.05) is 27.7 Å². The van der Waals surface area contributed by atoms with Crippen LogP contribution < -0.4 is 0 Å². The van der Waals surface area contributed by atoms with Gasteiger partial charge in [0, 0.05) is 19.5 Å². The highest BCUT2D eigenvalue weighted by Crippen LogP contribution is 2.20. The molecule has 0 aromatic rings. The standard InChI is InChI=1S/C12H24FNO2/c1-9(8-12(5,6)13)14(7)10(15)16-11(2,3)4/h9H,8H2,1-7H3/t9-/m1/s1. The Kier molecular flexibility index (Phi) is 4.77. The van der Waals surface area contributed by atoms with Gasteiger partial charge in [0.25, 0.3) is 0 Å². The first-order valence-electron chi connectivity index (χ1n) is 5.57. The molecule has 0 unspecified atom stereocenters. The maximum absolute atomic E-state index is 13.4. The molecular formula is C12H24FNO2. The average molecular weight is 233 g/mol. The van der Waals surface area contributed by atoms with Gasteiger partial charge in [0.15, 0.2) is 0 Å². The number of carbonyl (C=O) groups is 1. The molecule has 0 saturated heterocycles. The number of ether oxygens (including phenoxy) is 1. The lowest BCUT2D eigenvalue weighted by Crippen LogP contribution is -2.41. The van der Waals surface area contributed by atoms with E-state index in [0.29, 0.717) is 6.42 Å². The molecule has 0 radical (unpaired) electrons. The molecule has 0 rings (SSSR count). The third-order valence-corrected chi connectivity index (χ3v) is 2.12. The SMILES string of the molecule is C[C@H](CC(C)(C)F)N(C)C(=O)OC(C)(C)C. The maximum Gasteiger partial charge on any atom is 0.410 e. The summed E-state index contributed by atoms with van der Waals surface area (Å²) in [6, 6.07) is -0.185. The van der Waals surface area contributed by atoms with Crippen molar-refractivity contribution in [2.75, 3.05) is 7.05 Å². The zero-order valence-electron chi connectivity index (χ0n) is 11.4. The van der Waals surface area contributed by atoms with Gasteiger partial charge in [0.2, 0.25) is 0 Å². The second-order valence-corrected chi connectivity index (χ2v) is 5.86. The van der Waals surface area contributed by atoms with E-state index in [1.54, 1.807) is 7.05 Å². The first-order chi connectivity index (χ1) is 6.92. The predicted molar refractivity (Wildman–Crippen MR) is 63.3 cm³/mol. The molecule has 96 valence electrons. The number of amides is 1. The molecule has 16 heavy (non-hydrogen) atoms. The number of alkyl halides is 1. The van der Waals surface area contributed by atoms with Crippen LogP contribution in [0.5, 0.6) is 0 Å². The zero-order valence-corrected chi connectivity index (χ0v) is 11.4. The quantitative estimate of drug-likeness (QED) is 0.748. The minimum atomic E-state index is -1.28. The number of hydrogen-bond acceptors (Lipinski definition) is 2. The third kappa shape index (κ3) is 6.64. The molecule has 0 fully saturated rings. The van der Waals surface area contributed by atoms with Gasteiger partial charge in [-0.3, -0.25) is 0 Å². The summed E-state index contributed by atoms with van der Waals surface area (Å²) >= 11 is 0. The van der Waals surface area contributed by atoms with Gasteiger partial charge >= 0.3 is 6.09 Å². The summed E-state index contributed by atoms with van der Waals surface area (Å²) in [6.07, 6.45) is -0.118. The number of halogens is 1. The van der Waals surface area contributed by atoms with Crippen LogP contribution in [0.4, 0.5) is 9.18 Å². The molecule has 0 aliphatic rings. The van der Waals surface area contributed by atoms with Crippen molar-refractivity contribution in [3.63, 3.8) is 0 Å². The molecule has 4 heteroatoms. The normalized spacial score (nSPS) is 14.5. The molecule has 0 spiro atoms. The van der Waals surface area contributed by atoms with E-state index in [0.717, 1.165) is 0 Å². The molecule has 3 nitrogen and oxygen atoms in total. The molecule has 1 atom stereocenters. The van der Waals surface area contributed by atoms with E-state index in [-0.39, 0.29) is 6.04 Å². The van der Waals surface area contributed by atoms with Crippen LogP contribution in [-0.2, 0) is 4.74 Å². The smallest absolute Gasteiger partial charge is 0.410 e. The molecule has 0 N–H and O–H groups in total. The number of rotatable bonds is 3. The summed E-state index contributed by atoms with van der Waals surface area (Å²) in [4.78, 5) is 13.1. The molecule has 1 amide bonds. The fraction of sp³-hybridized carbons (Fsp3) is 0.917. The predicted octanol–water partition coefficient (Wildman–Crippen LogP) is 3.38. The number of carbonyl (C=O) groups excluding carboxylic acids is 1. The Hall–Kier alpha value is -0.800. The minimum Gasteiger partial charge on any atom is -0.444 e. The van der Waals surface area contributed by atoms with Crippen molar-refractivity contribution in [3.8, 4) is 0 Å². The molecule has 0 saturated carbocycles. The highest BCUT2D eigenvalue weighted by Gasteiger charge is 2.27. The van der Waals surface area contributed by atoms with Crippen LogP contribution in [0.15, 0.2) is 0 Å². The summed E-state index contributed by atoms with van der Waals surface area (Å²) < 4.78 is 18.6. The third-order valence-electron chi connectivity index (χ3n) is 2.12. The van der Waals surface area contributed by atoms with Gasteiger partial charge in [-0.25, -0.2) is 9.18 Å². The van der Waals surface area contributed by atoms with Gasteiger partial charge < -0.3 is 9.64 Å². The summed E-state index contributed by atoms with van der Waals surface area (Å²) in [7, 11) is 1.63. The zero-order chi connectivity index (χ0) is 13.1. The molecule has 0 aliphatic carbocycles. The first-order valence-corrected chi connectivity index (χ1v) is 5.57. The lowest BCUT2D eigenvalue weighted by atomic mass is 10.0. The van der Waals surface area contributed by atoms with Gasteiger partial charge in [0.1, 0.15) is 11.3 Å². The second-order valence-electron chi connectivity index (χ2n) is 5.86. The van der Waals surface area contributed by atoms with E-state index in [2.05, 4.69) is 0 Å². The molecule has 0 aliphatic heterocycles. The highest BCUT2D eigenvalue weighted by atomic mass is 19.1. The van der Waals surface area contributed by atoms with Crippen molar-refractivity contribution >= 4 is 6.09 Å². The van der Waals surface area contributed by atoms with Crippen LogP contribution in [0, 0.1) is 0 Å². The summed E-state index contributed by atoms with van der Waals surface area (Å²) in [5, 5.41) is 0. The van der Waals surface area contributed by atoms with Crippen LogP contribution in [0.25, 0.3) is 0 Å². The Balaban J connectivity index is 4.34. The van der Waals surface area contributed by atoms with Gasteiger partial charge in [-0.1, -0.05) is 0 Å². The second kappa shape index (κ2) is 5.02. The molecule has 0 aromatic carbocycles. The van der Waals surface area contributed by atoms with Crippen LogP contribution in [0.3, 0.4) is 0 Å². The Morgan fingerprint density at radius 3 is 2.06 bits per heavy atom. The van der Waals surface area contributed by atoms with E-state index in [9.17, 15) is 9.18 Å². The van der Waals surface area contributed by atoms with Crippen molar-refractivity contribution in [1.29, 1.82) is 0 Å². The fourth-order valence-corrected chi connectivity index (χ4v) is 1.35. The average Bonchev–Trinajstić information content (AvgIpc) is 1.96. The Morgan fingerprint density at radius 2 is 1.75 bits per heavy atom. The largest absolute Gasteiger partial charge is 0.444 e. The topological polar surface area (TPSA) is 29.5 Å². The molecular weight excluding hydrogens is 209 g/mol. The van der Waals surface area contributed by atoms with Crippen LogP contribution in [-0.4, -0.2) is 35.4 Å². The van der Waals surface area contributed by atoms with Crippen molar-refractivity contribution < 1.29 is 13.9 Å². The Morgan fingerprint density at radius 1 is 1.31 bits per heavy atom. The lowest BCUT2D eigenvalue weighted by molar-refractivity contribution is 0.0186. The first kappa shape index (κ1) is 15.2. The maximum atomic E-state index is 13.4. The van der Waals surface area contributed by atoms with Gasteiger partial charge in [0.05, 0.1) is 0 Å². The minimum absolute atomic E-state index is 0.185.